The number of hydrogen-bond donors (Lipinski definition) is 1. The van der Waals surface area contributed by atoms with E-state index in [0.717, 1.165) is 39.1 Å². The molecule has 3 aromatic rings. The van der Waals surface area contributed by atoms with Gasteiger partial charge < -0.3 is 14.5 Å². The van der Waals surface area contributed by atoms with E-state index < -0.39 is 0 Å². The van der Waals surface area contributed by atoms with E-state index in [4.69, 9.17) is 4.74 Å². The first kappa shape index (κ1) is 18.6. The summed E-state index contributed by atoms with van der Waals surface area (Å²) >= 11 is 1.79. The van der Waals surface area contributed by atoms with Crippen molar-refractivity contribution in [1.29, 1.82) is 0 Å². The highest BCUT2D eigenvalue weighted by Crippen LogP contribution is 2.42. The fraction of sp³-hybridized carbons (Fsp3) is 0.318. The topological polar surface area (TPSA) is 42.1 Å². The van der Waals surface area contributed by atoms with Gasteiger partial charge in [0.1, 0.15) is 12.0 Å². The van der Waals surface area contributed by atoms with Crippen LogP contribution in [0.3, 0.4) is 0 Å². The fourth-order valence-electron chi connectivity index (χ4n) is 3.06. The Bertz CT molecular complexity index is 894. The third-order valence-electron chi connectivity index (χ3n) is 4.23. The average Bonchev–Trinajstić information content (AvgIpc) is 2.96. The molecular formula is C22H25NO2S. The second kappa shape index (κ2) is 7.58. The van der Waals surface area contributed by atoms with Crippen molar-refractivity contribution in [2.45, 2.75) is 42.8 Å². The summed E-state index contributed by atoms with van der Waals surface area (Å²) in [6.07, 6.45) is 1.74. The Morgan fingerprint density at radius 3 is 2.50 bits per heavy atom. The number of H-pyrrole nitrogens is 1. The first-order valence-corrected chi connectivity index (χ1v) is 9.61. The molecule has 0 saturated heterocycles. The normalized spacial score (nSPS) is 12.9. The number of aldehydes is 1. The van der Waals surface area contributed by atoms with Gasteiger partial charge in [0, 0.05) is 26.2 Å². The summed E-state index contributed by atoms with van der Waals surface area (Å²) < 4.78 is 5.44. The molecule has 0 aliphatic carbocycles. The molecule has 1 atom stereocenters. The molecule has 2 aromatic carbocycles. The first-order chi connectivity index (χ1) is 12.4. The molecule has 1 unspecified atom stereocenters. The number of nitrogens with one attached hydrogen (secondary N) is 1. The van der Waals surface area contributed by atoms with Crippen LogP contribution in [0, 0.1) is 0 Å². The molecule has 0 fully saturated rings. The maximum atomic E-state index is 12.0. The predicted molar refractivity (Wildman–Crippen MR) is 109 cm³/mol. The van der Waals surface area contributed by atoms with Crippen LogP contribution in [0.1, 0.15) is 37.9 Å². The minimum Gasteiger partial charge on any atom is -0.497 e. The average molecular weight is 368 g/mol. The number of fused-ring (bicyclic) bond motifs is 1. The van der Waals surface area contributed by atoms with Crippen molar-refractivity contribution in [2.24, 2.45) is 0 Å². The molecule has 0 aliphatic rings. The smallest absolute Gasteiger partial charge is 0.129 e. The molecule has 0 bridgehead atoms. The molecule has 1 N–H and O–H groups in total. The number of methoxy groups -OCH3 is 1. The van der Waals surface area contributed by atoms with Crippen LogP contribution in [0.4, 0.5) is 0 Å². The predicted octanol–water partition coefficient (Wildman–Crippen LogP) is 5.59. The summed E-state index contributed by atoms with van der Waals surface area (Å²) in [5.41, 5.74) is 3.19. The van der Waals surface area contributed by atoms with Crippen LogP contribution in [-0.2, 0) is 11.2 Å². The number of rotatable bonds is 6. The highest BCUT2D eigenvalue weighted by molar-refractivity contribution is 8.00. The van der Waals surface area contributed by atoms with Gasteiger partial charge in [-0.05, 0) is 30.2 Å². The van der Waals surface area contributed by atoms with Crippen molar-refractivity contribution < 1.29 is 9.53 Å². The SMILES string of the molecule is COc1ccc2[nH]c(C(C=O)Cc3ccccc3)c(SC(C)(C)C)c2c1. The lowest BCUT2D eigenvalue weighted by molar-refractivity contribution is -0.109. The highest BCUT2D eigenvalue weighted by atomic mass is 32.2. The van der Waals surface area contributed by atoms with Crippen molar-refractivity contribution >= 4 is 29.0 Å². The number of ether oxygens (including phenoxy) is 1. The molecular weight excluding hydrogens is 342 g/mol. The Hall–Kier alpha value is -2.20. The third kappa shape index (κ3) is 4.13. The maximum absolute atomic E-state index is 12.0. The molecule has 1 heterocycles. The van der Waals surface area contributed by atoms with Crippen LogP contribution in [-0.4, -0.2) is 23.1 Å². The molecule has 0 amide bonds. The lowest BCUT2D eigenvalue weighted by atomic mass is 9.97. The number of aromatic nitrogens is 1. The molecule has 3 nitrogen and oxygen atoms in total. The largest absolute Gasteiger partial charge is 0.497 e. The highest BCUT2D eigenvalue weighted by Gasteiger charge is 2.24. The molecule has 136 valence electrons. The summed E-state index contributed by atoms with van der Waals surface area (Å²) in [6.45, 7) is 6.56. The molecule has 0 radical (unpaired) electrons. The summed E-state index contributed by atoms with van der Waals surface area (Å²) in [5.74, 6) is 0.616. The van der Waals surface area contributed by atoms with Gasteiger partial charge in [-0.1, -0.05) is 51.1 Å². The molecule has 4 heteroatoms. The quantitative estimate of drug-likeness (QED) is 0.456. The number of thioether (sulfide) groups is 1. The van der Waals surface area contributed by atoms with Gasteiger partial charge in [-0.3, -0.25) is 0 Å². The van der Waals surface area contributed by atoms with Crippen molar-refractivity contribution in [3.05, 3.63) is 59.8 Å². The minimum absolute atomic E-state index is 0.0349. The molecule has 3 rings (SSSR count). The summed E-state index contributed by atoms with van der Waals surface area (Å²) in [6, 6.07) is 16.2. The van der Waals surface area contributed by atoms with Crippen LogP contribution < -0.4 is 4.74 Å². The van der Waals surface area contributed by atoms with E-state index in [0.29, 0.717) is 6.42 Å². The van der Waals surface area contributed by atoms with Crippen molar-refractivity contribution in [3.63, 3.8) is 0 Å². The second-order valence-electron chi connectivity index (χ2n) is 7.43. The Morgan fingerprint density at radius 1 is 1.15 bits per heavy atom. The van der Waals surface area contributed by atoms with E-state index in [-0.39, 0.29) is 10.7 Å². The van der Waals surface area contributed by atoms with Crippen LogP contribution in [0.2, 0.25) is 0 Å². The van der Waals surface area contributed by atoms with Crippen LogP contribution in [0.5, 0.6) is 5.75 Å². The van der Waals surface area contributed by atoms with Gasteiger partial charge in [0.05, 0.1) is 13.0 Å². The van der Waals surface area contributed by atoms with Gasteiger partial charge in [-0.15, -0.1) is 11.8 Å². The van der Waals surface area contributed by atoms with Gasteiger partial charge in [0.15, 0.2) is 0 Å². The third-order valence-corrected chi connectivity index (χ3v) is 5.48. The molecule has 0 saturated carbocycles. The fourth-order valence-corrected chi connectivity index (χ4v) is 4.26. The zero-order valence-corrected chi connectivity index (χ0v) is 16.5. The van der Waals surface area contributed by atoms with Crippen LogP contribution >= 0.6 is 11.8 Å². The van der Waals surface area contributed by atoms with Crippen molar-refractivity contribution in [1.82, 2.24) is 4.98 Å². The van der Waals surface area contributed by atoms with E-state index in [9.17, 15) is 4.79 Å². The number of carbonyl (C=O) groups excluding carboxylic acids is 1. The van der Waals surface area contributed by atoms with Gasteiger partial charge >= 0.3 is 0 Å². The number of benzene rings is 2. The summed E-state index contributed by atoms with van der Waals surface area (Å²) in [4.78, 5) is 16.6. The molecule has 26 heavy (non-hydrogen) atoms. The van der Waals surface area contributed by atoms with E-state index >= 15 is 0 Å². The Labute approximate surface area is 159 Å². The van der Waals surface area contributed by atoms with Crippen LogP contribution in [0.25, 0.3) is 10.9 Å². The monoisotopic (exact) mass is 367 g/mol. The lowest BCUT2D eigenvalue weighted by Crippen LogP contribution is -2.10. The molecule has 0 spiro atoms. The maximum Gasteiger partial charge on any atom is 0.129 e. The first-order valence-electron chi connectivity index (χ1n) is 8.79. The Balaban J connectivity index is 2.10. The van der Waals surface area contributed by atoms with Gasteiger partial charge in [-0.2, -0.15) is 0 Å². The van der Waals surface area contributed by atoms with E-state index in [2.05, 4.69) is 37.9 Å². The zero-order valence-electron chi connectivity index (χ0n) is 15.7. The zero-order chi connectivity index (χ0) is 18.7. The van der Waals surface area contributed by atoms with E-state index in [1.54, 1.807) is 18.9 Å². The van der Waals surface area contributed by atoms with Gasteiger partial charge in [-0.25, -0.2) is 0 Å². The molecule has 0 aliphatic heterocycles. The summed E-state index contributed by atoms with van der Waals surface area (Å²) in [5, 5.41) is 1.11. The molecule has 1 aromatic heterocycles. The Kier molecular flexibility index (Phi) is 5.42. The number of hydrogen-bond acceptors (Lipinski definition) is 3. The number of aromatic amines is 1. The second-order valence-corrected chi connectivity index (χ2v) is 9.26. The standard InChI is InChI=1S/C22H25NO2S/c1-22(2,3)26-21-18-13-17(25-4)10-11-19(18)23-20(21)16(14-24)12-15-8-6-5-7-9-15/h5-11,13-14,16,23H,12H2,1-4H3. The van der Waals surface area contributed by atoms with Crippen molar-refractivity contribution in [2.75, 3.05) is 7.11 Å². The van der Waals surface area contributed by atoms with Crippen LogP contribution in [0.15, 0.2) is 53.4 Å². The minimum atomic E-state index is -0.208. The number of carbonyl (C=O) groups is 1. The van der Waals surface area contributed by atoms with Crippen molar-refractivity contribution in [3.8, 4) is 5.75 Å². The van der Waals surface area contributed by atoms with E-state index in [1.807, 2.05) is 36.4 Å². The van der Waals surface area contributed by atoms with Gasteiger partial charge in [0.25, 0.3) is 0 Å². The Morgan fingerprint density at radius 2 is 1.88 bits per heavy atom. The summed E-state index contributed by atoms with van der Waals surface area (Å²) in [7, 11) is 1.68. The van der Waals surface area contributed by atoms with E-state index in [1.165, 1.54) is 0 Å². The lowest BCUT2D eigenvalue weighted by Gasteiger charge is -2.20. The van der Waals surface area contributed by atoms with Gasteiger partial charge in [0.2, 0.25) is 0 Å².